The lowest BCUT2D eigenvalue weighted by atomic mass is 10.0. The third-order valence-electron chi connectivity index (χ3n) is 3.88. The molecule has 0 heterocycles. The number of nitrogens with one attached hydrogen (secondary N) is 2. The van der Waals surface area contributed by atoms with Crippen LogP contribution in [0, 0.1) is 5.92 Å². The third-order valence-corrected chi connectivity index (χ3v) is 3.88. The quantitative estimate of drug-likeness (QED) is 0.749. The van der Waals surface area contributed by atoms with Crippen molar-refractivity contribution in [2.24, 2.45) is 5.92 Å². The summed E-state index contributed by atoms with van der Waals surface area (Å²) >= 11 is 0. The summed E-state index contributed by atoms with van der Waals surface area (Å²) in [6, 6.07) is 7.98. The molecule has 1 aromatic carbocycles. The number of carboxylic acids is 1. The number of carbonyl (C=O) groups is 2. The van der Waals surface area contributed by atoms with Crippen molar-refractivity contribution in [3.05, 3.63) is 35.4 Å². The Morgan fingerprint density at radius 1 is 1.29 bits per heavy atom. The summed E-state index contributed by atoms with van der Waals surface area (Å²) in [6.45, 7) is 2.11. The van der Waals surface area contributed by atoms with Gasteiger partial charge in [-0.15, -0.1) is 0 Å². The highest BCUT2D eigenvalue weighted by Crippen LogP contribution is 2.21. The highest BCUT2D eigenvalue weighted by Gasteiger charge is 2.23. The summed E-state index contributed by atoms with van der Waals surface area (Å²) < 4.78 is 0. The number of carboxylic acid groups (broad SMARTS) is 1. The normalized spacial score (nSPS) is 15.3. The molecule has 2 rings (SSSR count). The topological polar surface area (TPSA) is 78.4 Å². The zero-order chi connectivity index (χ0) is 15.2. The zero-order valence-corrected chi connectivity index (χ0v) is 12.3. The second-order valence-electron chi connectivity index (χ2n) is 5.55. The molecule has 2 amide bonds. The molecule has 0 bridgehead atoms. The standard InChI is InChI=1S/C16H22N2O3/c1-2-5-13(15(19)20)10-17-16(21)18-14-8-11-6-3-4-7-12(11)9-14/h3-4,6-7,13-14H,2,5,8-10H2,1H3,(H,19,20)(H2,17,18,21). The number of urea groups is 1. The highest BCUT2D eigenvalue weighted by atomic mass is 16.4. The molecule has 0 spiro atoms. The van der Waals surface area contributed by atoms with Gasteiger partial charge < -0.3 is 15.7 Å². The molecular weight excluding hydrogens is 268 g/mol. The Kier molecular flexibility index (Phi) is 5.20. The van der Waals surface area contributed by atoms with Crippen molar-refractivity contribution in [2.45, 2.75) is 38.6 Å². The van der Waals surface area contributed by atoms with E-state index in [-0.39, 0.29) is 18.6 Å². The molecule has 1 unspecified atom stereocenters. The average Bonchev–Trinajstić information content (AvgIpc) is 2.85. The Morgan fingerprint density at radius 3 is 2.43 bits per heavy atom. The summed E-state index contributed by atoms with van der Waals surface area (Å²) in [5.74, 6) is -1.37. The van der Waals surface area contributed by atoms with Crippen molar-refractivity contribution in [3.63, 3.8) is 0 Å². The molecule has 3 N–H and O–H groups in total. The number of rotatable bonds is 6. The van der Waals surface area contributed by atoms with Crippen LogP contribution in [0.1, 0.15) is 30.9 Å². The first kappa shape index (κ1) is 15.4. The second kappa shape index (κ2) is 7.11. The molecule has 1 atom stereocenters. The van der Waals surface area contributed by atoms with Crippen molar-refractivity contribution in [2.75, 3.05) is 6.54 Å². The van der Waals surface area contributed by atoms with Crippen LogP contribution in [-0.4, -0.2) is 29.7 Å². The Hall–Kier alpha value is -2.04. The Bertz CT molecular complexity index is 491. The van der Waals surface area contributed by atoms with E-state index < -0.39 is 11.9 Å². The predicted octanol–water partition coefficient (Wildman–Crippen LogP) is 1.95. The van der Waals surface area contributed by atoms with Crippen LogP contribution >= 0.6 is 0 Å². The number of hydrogen-bond donors (Lipinski definition) is 3. The van der Waals surface area contributed by atoms with Crippen LogP contribution in [0.4, 0.5) is 4.79 Å². The van der Waals surface area contributed by atoms with Gasteiger partial charge in [0, 0.05) is 12.6 Å². The van der Waals surface area contributed by atoms with Crippen LogP contribution in [0.2, 0.25) is 0 Å². The van der Waals surface area contributed by atoms with Crippen molar-refractivity contribution in [1.29, 1.82) is 0 Å². The van der Waals surface area contributed by atoms with Gasteiger partial charge in [-0.25, -0.2) is 4.79 Å². The SMILES string of the molecule is CCCC(CNC(=O)NC1Cc2ccccc2C1)C(=O)O. The molecule has 0 saturated heterocycles. The van der Waals surface area contributed by atoms with E-state index in [1.54, 1.807) is 0 Å². The first-order valence-corrected chi connectivity index (χ1v) is 7.44. The monoisotopic (exact) mass is 290 g/mol. The van der Waals surface area contributed by atoms with Crippen molar-refractivity contribution < 1.29 is 14.7 Å². The Balaban J connectivity index is 1.77. The van der Waals surface area contributed by atoms with Gasteiger partial charge in [-0.1, -0.05) is 37.6 Å². The minimum atomic E-state index is -0.856. The van der Waals surface area contributed by atoms with E-state index in [0.29, 0.717) is 6.42 Å². The summed E-state index contributed by atoms with van der Waals surface area (Å²) in [7, 11) is 0. The van der Waals surface area contributed by atoms with E-state index in [1.807, 2.05) is 19.1 Å². The van der Waals surface area contributed by atoms with Gasteiger partial charge in [0.05, 0.1) is 5.92 Å². The number of carbonyl (C=O) groups excluding carboxylic acids is 1. The van der Waals surface area contributed by atoms with Crippen LogP contribution in [0.3, 0.4) is 0 Å². The van der Waals surface area contributed by atoms with E-state index in [4.69, 9.17) is 5.11 Å². The van der Waals surface area contributed by atoms with Gasteiger partial charge in [-0.2, -0.15) is 0 Å². The van der Waals surface area contributed by atoms with E-state index in [0.717, 1.165) is 19.3 Å². The molecule has 1 aliphatic rings. The van der Waals surface area contributed by atoms with Crippen molar-refractivity contribution >= 4 is 12.0 Å². The third kappa shape index (κ3) is 4.21. The van der Waals surface area contributed by atoms with Gasteiger partial charge in [-0.3, -0.25) is 4.79 Å². The fourth-order valence-corrected chi connectivity index (χ4v) is 2.77. The molecule has 0 aromatic heterocycles. The molecule has 1 aliphatic carbocycles. The number of amides is 2. The minimum Gasteiger partial charge on any atom is -0.481 e. The van der Waals surface area contributed by atoms with Crippen molar-refractivity contribution in [1.82, 2.24) is 10.6 Å². The molecule has 0 radical (unpaired) electrons. The van der Waals surface area contributed by atoms with E-state index in [2.05, 4.69) is 22.8 Å². The fraction of sp³-hybridized carbons (Fsp3) is 0.500. The maximum atomic E-state index is 11.9. The van der Waals surface area contributed by atoms with Gasteiger partial charge in [0.25, 0.3) is 0 Å². The molecule has 1 aromatic rings. The lowest BCUT2D eigenvalue weighted by molar-refractivity contribution is -0.141. The first-order valence-electron chi connectivity index (χ1n) is 7.44. The maximum Gasteiger partial charge on any atom is 0.315 e. The van der Waals surface area contributed by atoms with E-state index in [9.17, 15) is 9.59 Å². The lowest BCUT2D eigenvalue weighted by Crippen LogP contribution is -2.44. The van der Waals surface area contributed by atoms with Crippen LogP contribution in [0.5, 0.6) is 0 Å². The van der Waals surface area contributed by atoms with Crippen LogP contribution in [0.25, 0.3) is 0 Å². The van der Waals surface area contributed by atoms with Gasteiger partial charge in [0.2, 0.25) is 0 Å². The van der Waals surface area contributed by atoms with Gasteiger partial charge >= 0.3 is 12.0 Å². The summed E-state index contributed by atoms with van der Waals surface area (Å²) in [6.07, 6.45) is 3.03. The Morgan fingerprint density at radius 2 is 1.90 bits per heavy atom. The molecule has 0 aliphatic heterocycles. The molecular formula is C16H22N2O3. The van der Waals surface area contributed by atoms with Gasteiger partial charge in [-0.05, 0) is 30.4 Å². The predicted molar refractivity (Wildman–Crippen MR) is 80.2 cm³/mol. The van der Waals surface area contributed by atoms with Gasteiger partial charge in [0.15, 0.2) is 0 Å². The van der Waals surface area contributed by atoms with Crippen LogP contribution in [-0.2, 0) is 17.6 Å². The molecule has 114 valence electrons. The highest BCUT2D eigenvalue weighted by molar-refractivity contribution is 5.76. The molecule has 5 nitrogen and oxygen atoms in total. The summed E-state index contributed by atoms with van der Waals surface area (Å²) in [5, 5.41) is 14.6. The van der Waals surface area contributed by atoms with Crippen LogP contribution in [0.15, 0.2) is 24.3 Å². The second-order valence-corrected chi connectivity index (χ2v) is 5.55. The first-order chi connectivity index (χ1) is 10.1. The van der Waals surface area contributed by atoms with Gasteiger partial charge in [0.1, 0.15) is 0 Å². The molecule has 0 saturated carbocycles. The number of hydrogen-bond acceptors (Lipinski definition) is 2. The Labute approximate surface area is 124 Å². The largest absolute Gasteiger partial charge is 0.481 e. The number of benzene rings is 1. The van der Waals surface area contributed by atoms with E-state index in [1.165, 1.54) is 11.1 Å². The van der Waals surface area contributed by atoms with Crippen molar-refractivity contribution in [3.8, 4) is 0 Å². The zero-order valence-electron chi connectivity index (χ0n) is 12.3. The molecule has 21 heavy (non-hydrogen) atoms. The van der Waals surface area contributed by atoms with Crippen LogP contribution < -0.4 is 10.6 Å². The number of aliphatic carboxylic acids is 1. The fourth-order valence-electron chi connectivity index (χ4n) is 2.77. The summed E-state index contributed by atoms with van der Waals surface area (Å²) in [4.78, 5) is 22.9. The maximum absolute atomic E-state index is 11.9. The lowest BCUT2D eigenvalue weighted by Gasteiger charge is -2.16. The summed E-state index contributed by atoms with van der Waals surface area (Å²) in [5.41, 5.74) is 2.55. The molecule has 5 heteroatoms. The molecule has 0 fully saturated rings. The van der Waals surface area contributed by atoms with E-state index >= 15 is 0 Å². The number of fused-ring (bicyclic) bond motifs is 1. The minimum absolute atomic E-state index is 0.0943. The smallest absolute Gasteiger partial charge is 0.315 e. The average molecular weight is 290 g/mol.